The van der Waals surface area contributed by atoms with Gasteiger partial charge in [0.2, 0.25) is 11.8 Å². The van der Waals surface area contributed by atoms with Crippen molar-refractivity contribution in [1.82, 2.24) is 4.90 Å². The molecule has 2 aliphatic rings. The van der Waals surface area contributed by atoms with Gasteiger partial charge in [-0.05, 0) is 48.0 Å². The minimum Gasteiger partial charge on any atom is -0.380 e. The molecular formula is C25H25Cl2N3O5. The summed E-state index contributed by atoms with van der Waals surface area (Å²) in [5.41, 5.74) is 2.02. The Morgan fingerprint density at radius 2 is 1.91 bits per heavy atom. The quantitative estimate of drug-likeness (QED) is 0.591. The van der Waals surface area contributed by atoms with Gasteiger partial charge in [-0.15, -0.1) is 0 Å². The van der Waals surface area contributed by atoms with Crippen LogP contribution >= 0.6 is 23.2 Å². The molecule has 0 aliphatic carbocycles. The molecule has 2 atom stereocenters. The summed E-state index contributed by atoms with van der Waals surface area (Å²) in [6.07, 6.45) is 3.18. The van der Waals surface area contributed by atoms with Crippen molar-refractivity contribution < 1.29 is 23.9 Å². The second-order valence-corrected chi connectivity index (χ2v) is 9.06. The van der Waals surface area contributed by atoms with Gasteiger partial charge in [-0.3, -0.25) is 14.4 Å². The normalized spacial score (nSPS) is 20.5. The lowest BCUT2D eigenvalue weighted by Crippen LogP contribution is -2.42. The van der Waals surface area contributed by atoms with Gasteiger partial charge < -0.3 is 24.6 Å². The van der Waals surface area contributed by atoms with Crippen LogP contribution in [0.2, 0.25) is 10.0 Å². The number of carbonyl (C=O) groups excluding carboxylic acids is 3. The molecule has 0 spiro atoms. The summed E-state index contributed by atoms with van der Waals surface area (Å²) in [5.74, 6) is -0.722. The number of carbonyl (C=O) groups is 3. The second kappa shape index (κ2) is 11.2. The molecule has 10 heteroatoms. The van der Waals surface area contributed by atoms with Gasteiger partial charge in [-0.25, -0.2) is 0 Å². The fraction of sp³-hybridized carbons (Fsp3) is 0.320. The third kappa shape index (κ3) is 6.02. The first-order chi connectivity index (χ1) is 16.9. The van der Waals surface area contributed by atoms with Crippen molar-refractivity contribution >= 4 is 58.4 Å². The Hall–Kier alpha value is -2.91. The Morgan fingerprint density at radius 3 is 2.60 bits per heavy atom. The van der Waals surface area contributed by atoms with Crippen LogP contribution in [0.3, 0.4) is 0 Å². The number of halogens is 2. The molecule has 2 heterocycles. The van der Waals surface area contributed by atoms with Gasteiger partial charge in [0, 0.05) is 44.1 Å². The number of hydrogen-bond donors (Lipinski definition) is 1. The molecule has 0 saturated carbocycles. The maximum absolute atomic E-state index is 13.1. The maximum atomic E-state index is 13.1. The number of benzene rings is 2. The molecule has 1 N–H and O–H groups in total. The minimum absolute atomic E-state index is 0.0597. The fourth-order valence-corrected chi connectivity index (χ4v) is 4.39. The lowest BCUT2D eigenvalue weighted by atomic mass is 10.1. The third-order valence-electron chi connectivity index (χ3n) is 5.98. The van der Waals surface area contributed by atoms with Gasteiger partial charge >= 0.3 is 0 Å². The summed E-state index contributed by atoms with van der Waals surface area (Å²) in [6.45, 7) is 1.33. The molecule has 2 saturated heterocycles. The molecule has 8 nitrogen and oxygen atoms in total. The molecular weight excluding hydrogens is 493 g/mol. The molecule has 35 heavy (non-hydrogen) atoms. The van der Waals surface area contributed by atoms with Crippen LogP contribution in [-0.2, 0) is 23.9 Å². The van der Waals surface area contributed by atoms with Gasteiger partial charge in [0.05, 0.1) is 22.8 Å². The molecule has 0 unspecified atom stereocenters. The van der Waals surface area contributed by atoms with Crippen molar-refractivity contribution in [2.45, 2.75) is 18.6 Å². The average molecular weight is 518 g/mol. The van der Waals surface area contributed by atoms with Gasteiger partial charge in [-0.1, -0.05) is 29.3 Å². The molecule has 2 aromatic carbocycles. The number of nitrogens with one attached hydrogen (secondary N) is 1. The molecule has 4 rings (SSSR count). The highest BCUT2D eigenvalue weighted by molar-refractivity contribution is 6.42. The number of amides is 3. The van der Waals surface area contributed by atoms with E-state index in [-0.39, 0.29) is 30.4 Å². The van der Waals surface area contributed by atoms with Crippen LogP contribution in [0.4, 0.5) is 11.4 Å². The second-order valence-electron chi connectivity index (χ2n) is 8.24. The molecule has 2 aliphatic heterocycles. The monoisotopic (exact) mass is 517 g/mol. The SMILES string of the molecule is CO[C@@H]1C[C@H](C(=O)Nc2ccc(N3CCOCC3=O)cc2)N(C(=O)C=Cc2ccc(Cl)c(Cl)c2)C1. The number of rotatable bonds is 6. The van der Waals surface area contributed by atoms with E-state index in [1.165, 1.54) is 11.0 Å². The summed E-state index contributed by atoms with van der Waals surface area (Å²) in [7, 11) is 1.56. The molecule has 3 amide bonds. The van der Waals surface area contributed by atoms with Crippen LogP contribution in [0.15, 0.2) is 48.5 Å². The fourth-order valence-electron chi connectivity index (χ4n) is 4.08. The predicted octanol–water partition coefficient (Wildman–Crippen LogP) is 3.62. The minimum atomic E-state index is -0.689. The van der Waals surface area contributed by atoms with Crippen molar-refractivity contribution in [3.8, 4) is 0 Å². The lowest BCUT2D eigenvalue weighted by Gasteiger charge is -2.27. The van der Waals surface area contributed by atoms with E-state index in [1.54, 1.807) is 60.6 Å². The van der Waals surface area contributed by atoms with Crippen LogP contribution in [-0.4, -0.2) is 68.2 Å². The smallest absolute Gasteiger partial charge is 0.253 e. The molecule has 0 radical (unpaired) electrons. The predicted molar refractivity (Wildman–Crippen MR) is 135 cm³/mol. The zero-order valence-electron chi connectivity index (χ0n) is 19.1. The van der Waals surface area contributed by atoms with E-state index in [0.717, 1.165) is 11.3 Å². The molecule has 184 valence electrons. The van der Waals surface area contributed by atoms with Crippen LogP contribution in [0.5, 0.6) is 0 Å². The number of nitrogens with zero attached hydrogens (tertiary/aromatic N) is 2. The Balaban J connectivity index is 1.43. The van der Waals surface area contributed by atoms with E-state index in [1.807, 2.05) is 0 Å². The Bertz CT molecular complexity index is 1140. The number of ether oxygens (including phenoxy) is 2. The Morgan fingerprint density at radius 1 is 1.14 bits per heavy atom. The van der Waals surface area contributed by atoms with Crippen LogP contribution in [0.25, 0.3) is 6.08 Å². The average Bonchev–Trinajstić information content (AvgIpc) is 3.30. The summed E-state index contributed by atoms with van der Waals surface area (Å²) < 4.78 is 10.6. The van der Waals surface area contributed by atoms with Gasteiger partial charge in [0.1, 0.15) is 12.6 Å². The van der Waals surface area contributed by atoms with E-state index in [9.17, 15) is 14.4 Å². The number of morpholine rings is 1. The summed E-state index contributed by atoms with van der Waals surface area (Å²) >= 11 is 12.0. The highest BCUT2D eigenvalue weighted by Gasteiger charge is 2.39. The summed E-state index contributed by atoms with van der Waals surface area (Å²) in [5, 5.41) is 3.69. The molecule has 0 aromatic heterocycles. The first kappa shape index (κ1) is 25.2. The van der Waals surface area contributed by atoms with Gasteiger partial charge in [0.25, 0.3) is 5.91 Å². The Kier molecular flexibility index (Phi) is 8.07. The van der Waals surface area contributed by atoms with E-state index >= 15 is 0 Å². The Labute approximate surface area is 213 Å². The van der Waals surface area contributed by atoms with Crippen molar-refractivity contribution in [3.05, 3.63) is 64.1 Å². The lowest BCUT2D eigenvalue weighted by molar-refractivity contribution is -0.132. The number of anilines is 2. The first-order valence-corrected chi connectivity index (χ1v) is 11.9. The molecule has 0 bridgehead atoms. The topological polar surface area (TPSA) is 88.2 Å². The van der Waals surface area contributed by atoms with E-state index in [4.69, 9.17) is 32.7 Å². The van der Waals surface area contributed by atoms with Gasteiger partial charge in [0.15, 0.2) is 0 Å². The zero-order chi connectivity index (χ0) is 24.9. The maximum Gasteiger partial charge on any atom is 0.253 e. The number of hydrogen-bond acceptors (Lipinski definition) is 5. The van der Waals surface area contributed by atoms with E-state index in [0.29, 0.717) is 41.8 Å². The summed E-state index contributed by atoms with van der Waals surface area (Å²) in [4.78, 5) is 41.2. The van der Waals surface area contributed by atoms with Crippen LogP contribution in [0, 0.1) is 0 Å². The highest BCUT2D eigenvalue weighted by Crippen LogP contribution is 2.25. The molecule has 2 fully saturated rings. The zero-order valence-corrected chi connectivity index (χ0v) is 20.6. The van der Waals surface area contributed by atoms with Crippen molar-refractivity contribution in [1.29, 1.82) is 0 Å². The largest absolute Gasteiger partial charge is 0.380 e. The van der Waals surface area contributed by atoms with Crippen molar-refractivity contribution in [2.75, 3.05) is 43.6 Å². The van der Waals surface area contributed by atoms with Crippen LogP contribution < -0.4 is 10.2 Å². The number of methoxy groups -OCH3 is 1. The highest BCUT2D eigenvalue weighted by atomic mass is 35.5. The van der Waals surface area contributed by atoms with Gasteiger partial charge in [-0.2, -0.15) is 0 Å². The molecule has 2 aromatic rings. The first-order valence-electron chi connectivity index (χ1n) is 11.1. The van der Waals surface area contributed by atoms with E-state index < -0.39 is 6.04 Å². The summed E-state index contributed by atoms with van der Waals surface area (Å²) in [6, 6.07) is 11.4. The standard InChI is InChI=1S/C25H25Cl2N3O5/c1-34-19-13-22(30(14-19)23(31)9-3-16-2-8-20(26)21(27)12-16)25(33)28-17-4-6-18(7-5-17)29-10-11-35-15-24(29)32/h2-9,12,19,22H,10-11,13-15H2,1H3,(H,28,33)/t19-,22-/m1/s1. The van der Waals surface area contributed by atoms with E-state index in [2.05, 4.69) is 5.32 Å². The van der Waals surface area contributed by atoms with Crippen molar-refractivity contribution in [3.63, 3.8) is 0 Å². The third-order valence-corrected chi connectivity index (χ3v) is 6.72. The van der Waals surface area contributed by atoms with Crippen molar-refractivity contribution in [2.24, 2.45) is 0 Å². The number of likely N-dealkylation sites (tertiary alicyclic amines) is 1. The van der Waals surface area contributed by atoms with Crippen LogP contribution in [0.1, 0.15) is 12.0 Å².